The first-order valence-electron chi connectivity index (χ1n) is 14.0. The van der Waals surface area contributed by atoms with E-state index in [9.17, 15) is 16.8 Å². The number of nitrogens with zero attached hydrogens (tertiary/aromatic N) is 2. The van der Waals surface area contributed by atoms with Crippen LogP contribution in [0.2, 0.25) is 0 Å². The van der Waals surface area contributed by atoms with Crippen molar-refractivity contribution in [2.24, 2.45) is 0 Å². The predicted molar refractivity (Wildman–Crippen MR) is 158 cm³/mol. The Balaban J connectivity index is 1.80. The van der Waals surface area contributed by atoms with E-state index in [1.165, 1.54) is 8.61 Å². The highest BCUT2D eigenvalue weighted by molar-refractivity contribution is 7.89. The summed E-state index contributed by atoms with van der Waals surface area (Å²) in [5, 5.41) is 6.44. The molecule has 0 aliphatic carbocycles. The van der Waals surface area contributed by atoms with Crippen LogP contribution in [0.3, 0.4) is 0 Å². The Hall–Kier alpha value is -1.94. The van der Waals surface area contributed by atoms with Crippen LogP contribution in [0.1, 0.15) is 11.1 Å². The third-order valence-corrected chi connectivity index (χ3v) is 10.4. The fraction of sp³-hybridized carbons (Fsp3) is 0.571. The molecule has 0 spiro atoms. The Morgan fingerprint density at radius 1 is 0.512 bits per heavy atom. The van der Waals surface area contributed by atoms with E-state index in [1.807, 2.05) is 13.8 Å². The molecular weight excluding hydrogens is 568 g/mol. The highest BCUT2D eigenvalue weighted by atomic mass is 32.2. The first-order chi connectivity index (χ1) is 19.7. The molecule has 0 radical (unpaired) electrons. The second-order valence-corrected chi connectivity index (χ2v) is 13.6. The van der Waals surface area contributed by atoms with Gasteiger partial charge in [-0.15, -0.1) is 0 Å². The highest BCUT2D eigenvalue weighted by Gasteiger charge is 2.29. The van der Waals surface area contributed by atoms with Crippen molar-refractivity contribution in [2.45, 2.75) is 23.6 Å². The van der Waals surface area contributed by atoms with E-state index >= 15 is 0 Å². The van der Waals surface area contributed by atoms with Gasteiger partial charge in [-0.2, -0.15) is 8.61 Å². The van der Waals surface area contributed by atoms with E-state index in [0.717, 1.165) is 11.1 Å². The summed E-state index contributed by atoms with van der Waals surface area (Å²) in [6.07, 6.45) is 0. The Kier molecular flexibility index (Phi) is 14.1. The average molecular weight is 613 g/mol. The van der Waals surface area contributed by atoms with Crippen molar-refractivity contribution in [3.63, 3.8) is 0 Å². The third-order valence-electron chi connectivity index (χ3n) is 6.58. The lowest BCUT2D eigenvalue weighted by Crippen LogP contribution is -2.45. The van der Waals surface area contributed by atoms with Gasteiger partial charge in [0.05, 0.1) is 49.4 Å². The topological polar surface area (TPSA) is 127 Å². The van der Waals surface area contributed by atoms with Gasteiger partial charge in [0.15, 0.2) is 0 Å². The van der Waals surface area contributed by atoms with Crippen molar-refractivity contribution in [3.05, 3.63) is 59.7 Å². The zero-order valence-corrected chi connectivity index (χ0v) is 25.7. The van der Waals surface area contributed by atoms with Gasteiger partial charge in [0.25, 0.3) is 0 Å². The molecule has 3 rings (SSSR count). The lowest BCUT2D eigenvalue weighted by atomic mass is 10.2. The quantitative estimate of drug-likeness (QED) is 0.524. The number of hydrogen-bond acceptors (Lipinski definition) is 9. The van der Waals surface area contributed by atoms with Crippen LogP contribution < -0.4 is 10.6 Å². The van der Waals surface area contributed by atoms with Crippen LogP contribution in [0.5, 0.6) is 0 Å². The lowest BCUT2D eigenvalue weighted by Gasteiger charge is -2.27. The van der Waals surface area contributed by atoms with Gasteiger partial charge in [-0.25, -0.2) is 16.8 Å². The standard InChI is InChI=1S/C28H44N4O7S2/c1-25-3-7-27(8-4-25)40(33,34)31-15-11-29-13-19-37-21-23-39-24-22-38-20-14-30-12-16-32(18-17-31)41(35,36)28-9-5-26(2)6-10-28/h3-10,29-30H,11-24H2,1-2H3. The minimum atomic E-state index is -3.87. The van der Waals surface area contributed by atoms with E-state index < -0.39 is 20.0 Å². The van der Waals surface area contributed by atoms with Crippen LogP contribution in [0.25, 0.3) is 0 Å². The summed E-state index contributed by atoms with van der Waals surface area (Å²) in [6.45, 7) is 8.76. The summed E-state index contributed by atoms with van der Waals surface area (Å²) in [7, 11) is -7.74. The Morgan fingerprint density at radius 2 is 0.854 bits per heavy atom. The van der Waals surface area contributed by atoms with Crippen LogP contribution in [0, 0.1) is 13.8 Å². The van der Waals surface area contributed by atoms with Crippen LogP contribution in [-0.2, 0) is 34.3 Å². The van der Waals surface area contributed by atoms with Gasteiger partial charge in [0.1, 0.15) is 0 Å². The highest BCUT2D eigenvalue weighted by Crippen LogP contribution is 2.19. The second kappa shape index (κ2) is 17.2. The zero-order valence-electron chi connectivity index (χ0n) is 24.1. The van der Waals surface area contributed by atoms with Gasteiger partial charge in [0, 0.05) is 52.4 Å². The fourth-order valence-electron chi connectivity index (χ4n) is 4.13. The van der Waals surface area contributed by atoms with Crippen LogP contribution >= 0.6 is 0 Å². The van der Waals surface area contributed by atoms with Crippen molar-refractivity contribution in [2.75, 3.05) is 92.0 Å². The number of nitrogens with one attached hydrogen (secondary N) is 2. The molecule has 41 heavy (non-hydrogen) atoms. The van der Waals surface area contributed by atoms with Gasteiger partial charge in [0.2, 0.25) is 20.0 Å². The molecule has 0 atom stereocenters. The smallest absolute Gasteiger partial charge is 0.243 e. The predicted octanol–water partition coefficient (Wildman–Crippen LogP) is 1.23. The maximum absolute atomic E-state index is 13.7. The number of aryl methyl sites for hydroxylation is 2. The van der Waals surface area contributed by atoms with Crippen molar-refractivity contribution in [3.8, 4) is 0 Å². The normalized spacial score (nSPS) is 19.8. The lowest BCUT2D eigenvalue weighted by molar-refractivity contribution is 0.0157. The molecule has 230 valence electrons. The maximum atomic E-state index is 13.7. The minimum absolute atomic E-state index is 0.0000684. The molecule has 13 heteroatoms. The van der Waals surface area contributed by atoms with Crippen molar-refractivity contribution >= 4 is 20.0 Å². The van der Waals surface area contributed by atoms with Gasteiger partial charge in [-0.05, 0) is 38.1 Å². The maximum Gasteiger partial charge on any atom is 0.243 e. The Morgan fingerprint density at radius 3 is 1.22 bits per heavy atom. The summed E-state index contributed by atoms with van der Waals surface area (Å²) in [5.74, 6) is 0. The molecular formula is C28H44N4O7S2. The first-order valence-corrected chi connectivity index (χ1v) is 16.9. The molecule has 1 aliphatic rings. The van der Waals surface area contributed by atoms with Crippen LogP contribution in [0.4, 0.5) is 0 Å². The monoisotopic (exact) mass is 612 g/mol. The van der Waals surface area contributed by atoms with E-state index in [2.05, 4.69) is 10.6 Å². The fourth-order valence-corrected chi connectivity index (χ4v) is 7.00. The number of hydrogen-bond donors (Lipinski definition) is 2. The van der Waals surface area contributed by atoms with E-state index in [-0.39, 0.29) is 36.0 Å². The second-order valence-electron chi connectivity index (χ2n) is 9.77. The van der Waals surface area contributed by atoms with Gasteiger partial charge >= 0.3 is 0 Å². The van der Waals surface area contributed by atoms with E-state index in [0.29, 0.717) is 65.8 Å². The summed E-state index contributed by atoms with van der Waals surface area (Å²) in [4.78, 5) is 0.345. The number of ether oxygens (including phenoxy) is 3. The Labute approximate surface area is 245 Å². The SMILES string of the molecule is Cc1ccc(S(=O)(=O)N2CCNCCOCCOCCOCCNCCN(S(=O)(=O)c3ccc(C)cc3)CC2)cc1. The van der Waals surface area contributed by atoms with E-state index in [4.69, 9.17) is 14.2 Å². The molecule has 0 unspecified atom stereocenters. The molecule has 0 bridgehead atoms. The minimum Gasteiger partial charge on any atom is -0.378 e. The summed E-state index contributed by atoms with van der Waals surface area (Å²) >= 11 is 0. The third kappa shape index (κ3) is 11.0. The summed E-state index contributed by atoms with van der Waals surface area (Å²) < 4.78 is 73.9. The summed E-state index contributed by atoms with van der Waals surface area (Å²) in [6, 6.07) is 13.4. The van der Waals surface area contributed by atoms with Crippen molar-refractivity contribution in [1.82, 2.24) is 19.2 Å². The number of rotatable bonds is 4. The molecule has 2 N–H and O–H groups in total. The molecule has 0 amide bonds. The first kappa shape index (κ1) is 33.6. The molecule has 2 aromatic rings. The Bertz CT molecular complexity index is 1140. The molecule has 1 fully saturated rings. The van der Waals surface area contributed by atoms with Gasteiger partial charge in [-0.3, -0.25) is 0 Å². The van der Waals surface area contributed by atoms with Gasteiger partial charge in [-0.1, -0.05) is 35.4 Å². The zero-order chi connectivity index (χ0) is 29.6. The van der Waals surface area contributed by atoms with Gasteiger partial charge < -0.3 is 24.8 Å². The average Bonchev–Trinajstić information content (AvgIpc) is 2.94. The number of sulfonamides is 2. The molecule has 1 aliphatic heterocycles. The summed E-state index contributed by atoms with van der Waals surface area (Å²) in [5.41, 5.74) is 1.90. The largest absolute Gasteiger partial charge is 0.378 e. The molecule has 11 nitrogen and oxygen atoms in total. The molecule has 0 saturated carbocycles. The van der Waals surface area contributed by atoms with Crippen molar-refractivity contribution in [1.29, 1.82) is 0 Å². The molecule has 1 heterocycles. The molecule has 0 aromatic heterocycles. The van der Waals surface area contributed by atoms with Crippen molar-refractivity contribution < 1.29 is 31.0 Å². The number of benzene rings is 2. The van der Waals surface area contributed by atoms with Crippen LogP contribution in [-0.4, -0.2) is 117 Å². The van der Waals surface area contributed by atoms with Crippen LogP contribution in [0.15, 0.2) is 58.3 Å². The molecule has 2 aromatic carbocycles. The van der Waals surface area contributed by atoms with E-state index in [1.54, 1.807) is 48.5 Å². The molecule has 1 saturated heterocycles.